The molecule has 2 aliphatic rings. The quantitative estimate of drug-likeness (QED) is 0.842. The van der Waals surface area contributed by atoms with Crippen LogP contribution in [-0.2, 0) is 17.8 Å². The minimum Gasteiger partial charge on any atom is -0.481 e. The summed E-state index contributed by atoms with van der Waals surface area (Å²) in [6.45, 7) is 1.14. The van der Waals surface area contributed by atoms with Crippen LogP contribution in [0.1, 0.15) is 18.7 Å². The summed E-state index contributed by atoms with van der Waals surface area (Å²) in [5.74, 6) is -1.90. The van der Waals surface area contributed by atoms with Gasteiger partial charge in [0, 0.05) is 49.9 Å². The molecule has 4 rings (SSSR count). The molecule has 0 saturated carbocycles. The van der Waals surface area contributed by atoms with E-state index in [0.717, 1.165) is 11.9 Å². The smallest absolute Gasteiger partial charge is 0.317 e. The van der Waals surface area contributed by atoms with Crippen molar-refractivity contribution in [2.75, 3.05) is 13.1 Å². The van der Waals surface area contributed by atoms with Gasteiger partial charge < -0.3 is 19.9 Å². The number of nitrogens with one attached hydrogen (secondary N) is 1. The summed E-state index contributed by atoms with van der Waals surface area (Å²) in [7, 11) is 0. The number of imidazole rings is 1. The molecule has 0 spiro atoms. The Hall–Kier alpha value is -2.97. The SMILES string of the molecule is O=C(O)C1CCN(C(=O)NC2CCc3nc(-c4ccc(F)cc4F)cn3C2)C1. The number of carbonyl (C=O) groups is 2. The Morgan fingerprint density at radius 3 is 2.75 bits per heavy atom. The van der Waals surface area contributed by atoms with Crippen LogP contribution in [0, 0.1) is 17.6 Å². The van der Waals surface area contributed by atoms with Gasteiger partial charge in [0.15, 0.2) is 0 Å². The number of urea groups is 1. The summed E-state index contributed by atoms with van der Waals surface area (Å²) in [6, 6.07) is 3.01. The Kier molecular flexibility index (Phi) is 4.74. The third-order valence-electron chi connectivity index (χ3n) is 5.35. The third-order valence-corrected chi connectivity index (χ3v) is 5.35. The first-order valence-corrected chi connectivity index (χ1v) is 9.20. The molecule has 2 unspecified atom stereocenters. The maximum atomic E-state index is 14.0. The highest BCUT2D eigenvalue weighted by Gasteiger charge is 2.32. The molecule has 1 aromatic carbocycles. The summed E-state index contributed by atoms with van der Waals surface area (Å²) in [5, 5.41) is 12.0. The van der Waals surface area contributed by atoms with E-state index in [1.807, 2.05) is 4.57 Å². The number of aliphatic carboxylic acids is 1. The molecule has 1 aromatic heterocycles. The molecule has 28 heavy (non-hydrogen) atoms. The van der Waals surface area contributed by atoms with Crippen molar-refractivity contribution in [3.63, 3.8) is 0 Å². The van der Waals surface area contributed by atoms with E-state index in [2.05, 4.69) is 10.3 Å². The predicted molar refractivity (Wildman–Crippen MR) is 95.5 cm³/mol. The molecule has 0 radical (unpaired) electrons. The number of carboxylic acids is 1. The van der Waals surface area contributed by atoms with Gasteiger partial charge in [0.1, 0.15) is 17.5 Å². The molecule has 2 aromatic rings. The Balaban J connectivity index is 1.42. The summed E-state index contributed by atoms with van der Waals surface area (Å²) in [5.41, 5.74) is 0.670. The van der Waals surface area contributed by atoms with E-state index < -0.39 is 23.5 Å². The molecule has 148 valence electrons. The average Bonchev–Trinajstić information content (AvgIpc) is 3.28. The van der Waals surface area contributed by atoms with Crippen LogP contribution in [0.4, 0.5) is 13.6 Å². The fourth-order valence-electron chi connectivity index (χ4n) is 3.80. The number of aromatic nitrogens is 2. The van der Waals surface area contributed by atoms with Crippen LogP contribution < -0.4 is 5.32 Å². The average molecular weight is 390 g/mol. The van der Waals surface area contributed by atoms with Gasteiger partial charge in [-0.15, -0.1) is 0 Å². The van der Waals surface area contributed by atoms with Gasteiger partial charge in [-0.1, -0.05) is 0 Å². The minimum absolute atomic E-state index is 0.121. The largest absolute Gasteiger partial charge is 0.481 e. The van der Waals surface area contributed by atoms with Gasteiger partial charge >= 0.3 is 12.0 Å². The number of carbonyl (C=O) groups excluding carboxylic acids is 1. The number of fused-ring (bicyclic) bond motifs is 1. The van der Waals surface area contributed by atoms with E-state index in [1.165, 1.54) is 17.0 Å². The highest BCUT2D eigenvalue weighted by atomic mass is 19.1. The van der Waals surface area contributed by atoms with Crippen molar-refractivity contribution in [2.24, 2.45) is 5.92 Å². The molecule has 2 N–H and O–H groups in total. The van der Waals surface area contributed by atoms with Gasteiger partial charge in [0.25, 0.3) is 0 Å². The fourth-order valence-corrected chi connectivity index (χ4v) is 3.80. The number of amides is 2. The van der Waals surface area contributed by atoms with Gasteiger partial charge in [0.05, 0.1) is 11.6 Å². The van der Waals surface area contributed by atoms with Crippen molar-refractivity contribution in [2.45, 2.75) is 31.8 Å². The van der Waals surface area contributed by atoms with Crippen molar-refractivity contribution in [3.05, 3.63) is 41.9 Å². The van der Waals surface area contributed by atoms with Crippen LogP contribution in [0.5, 0.6) is 0 Å². The number of likely N-dealkylation sites (tertiary alicyclic amines) is 1. The number of aryl methyl sites for hydroxylation is 1. The van der Waals surface area contributed by atoms with E-state index in [9.17, 15) is 18.4 Å². The highest BCUT2D eigenvalue weighted by molar-refractivity contribution is 5.77. The summed E-state index contributed by atoms with van der Waals surface area (Å²) < 4.78 is 29.0. The standard InChI is InChI=1S/C19H20F2N4O3/c20-12-1-3-14(15(21)7-12)16-10-25-9-13(2-4-17(25)23-16)22-19(28)24-6-5-11(8-24)18(26)27/h1,3,7,10-11,13H,2,4-6,8-9H2,(H,22,28)(H,26,27). The zero-order valence-corrected chi connectivity index (χ0v) is 15.1. The van der Waals surface area contributed by atoms with Crippen molar-refractivity contribution >= 4 is 12.0 Å². The molecule has 0 bridgehead atoms. The number of rotatable bonds is 3. The number of carboxylic acid groups (broad SMARTS) is 1. The molecule has 3 heterocycles. The molecule has 7 nitrogen and oxygen atoms in total. The van der Waals surface area contributed by atoms with Gasteiger partial charge in [-0.3, -0.25) is 4.79 Å². The second kappa shape index (κ2) is 7.21. The van der Waals surface area contributed by atoms with Crippen molar-refractivity contribution < 1.29 is 23.5 Å². The van der Waals surface area contributed by atoms with E-state index in [-0.39, 0.29) is 24.2 Å². The second-order valence-electron chi connectivity index (χ2n) is 7.27. The molecule has 2 aliphatic heterocycles. The van der Waals surface area contributed by atoms with E-state index in [4.69, 9.17) is 5.11 Å². The van der Waals surface area contributed by atoms with Crippen LogP contribution in [0.3, 0.4) is 0 Å². The van der Waals surface area contributed by atoms with E-state index in [0.29, 0.717) is 38.0 Å². The van der Waals surface area contributed by atoms with Crippen LogP contribution in [0.2, 0.25) is 0 Å². The number of hydrogen-bond donors (Lipinski definition) is 2. The number of benzene rings is 1. The number of halogens is 2. The van der Waals surface area contributed by atoms with Crippen LogP contribution in [-0.4, -0.2) is 50.7 Å². The lowest BCUT2D eigenvalue weighted by Crippen LogP contribution is -2.47. The zero-order valence-electron chi connectivity index (χ0n) is 15.1. The Bertz CT molecular complexity index is 930. The predicted octanol–water partition coefficient (Wildman–Crippen LogP) is 2.26. The maximum Gasteiger partial charge on any atom is 0.317 e. The minimum atomic E-state index is -0.878. The molecular formula is C19H20F2N4O3. The van der Waals surface area contributed by atoms with Gasteiger partial charge in [-0.25, -0.2) is 18.6 Å². The van der Waals surface area contributed by atoms with Gasteiger partial charge in [0.2, 0.25) is 0 Å². The monoisotopic (exact) mass is 390 g/mol. The number of hydrogen-bond acceptors (Lipinski definition) is 3. The molecule has 2 atom stereocenters. The maximum absolute atomic E-state index is 14.0. The first kappa shape index (κ1) is 18.4. The van der Waals surface area contributed by atoms with E-state index in [1.54, 1.807) is 6.20 Å². The molecular weight excluding hydrogens is 370 g/mol. The highest BCUT2D eigenvalue weighted by Crippen LogP contribution is 2.26. The summed E-state index contributed by atoms with van der Waals surface area (Å²) in [4.78, 5) is 29.4. The molecule has 0 aliphatic carbocycles. The second-order valence-corrected chi connectivity index (χ2v) is 7.27. The Morgan fingerprint density at radius 1 is 1.21 bits per heavy atom. The summed E-state index contributed by atoms with van der Waals surface area (Å²) in [6.07, 6.45) is 3.47. The van der Waals surface area contributed by atoms with Gasteiger partial charge in [-0.05, 0) is 25.0 Å². The zero-order chi connectivity index (χ0) is 19.8. The lowest BCUT2D eigenvalue weighted by molar-refractivity contribution is -0.141. The Morgan fingerprint density at radius 2 is 2.04 bits per heavy atom. The van der Waals surface area contributed by atoms with Crippen molar-refractivity contribution in [1.29, 1.82) is 0 Å². The Labute approximate surface area is 160 Å². The van der Waals surface area contributed by atoms with Crippen LogP contribution in [0.25, 0.3) is 11.3 Å². The van der Waals surface area contributed by atoms with Gasteiger partial charge in [-0.2, -0.15) is 0 Å². The lowest BCUT2D eigenvalue weighted by atomic mass is 10.1. The van der Waals surface area contributed by atoms with Crippen LogP contribution >= 0.6 is 0 Å². The molecule has 9 heteroatoms. The lowest BCUT2D eigenvalue weighted by Gasteiger charge is -2.27. The molecule has 2 amide bonds. The topological polar surface area (TPSA) is 87.5 Å². The number of nitrogens with zero attached hydrogens (tertiary/aromatic N) is 3. The fraction of sp³-hybridized carbons (Fsp3) is 0.421. The summed E-state index contributed by atoms with van der Waals surface area (Å²) >= 11 is 0. The third kappa shape index (κ3) is 3.56. The normalized spacial score (nSPS) is 21.4. The van der Waals surface area contributed by atoms with E-state index >= 15 is 0 Å². The molecule has 1 saturated heterocycles. The molecule has 1 fully saturated rings. The first-order valence-electron chi connectivity index (χ1n) is 9.20. The first-order chi connectivity index (χ1) is 13.4. The van der Waals surface area contributed by atoms with Crippen LogP contribution in [0.15, 0.2) is 24.4 Å². The van der Waals surface area contributed by atoms with Crippen molar-refractivity contribution in [3.8, 4) is 11.3 Å². The van der Waals surface area contributed by atoms with Crippen molar-refractivity contribution in [1.82, 2.24) is 19.8 Å².